The van der Waals surface area contributed by atoms with E-state index in [0.29, 0.717) is 30.4 Å². The van der Waals surface area contributed by atoms with Crippen molar-refractivity contribution in [1.82, 2.24) is 20.2 Å². The van der Waals surface area contributed by atoms with Gasteiger partial charge in [0.1, 0.15) is 0 Å². The van der Waals surface area contributed by atoms with E-state index in [-0.39, 0.29) is 0 Å². The first-order valence-electron chi connectivity index (χ1n) is 7.21. The Bertz CT molecular complexity index is 548. The zero-order valence-electron chi connectivity index (χ0n) is 12.3. The van der Waals surface area contributed by atoms with Gasteiger partial charge < -0.3 is 16.2 Å². The minimum absolute atomic E-state index is 0.599. The molecule has 0 aliphatic rings. The number of tetrazole rings is 1. The van der Waals surface area contributed by atoms with Crippen LogP contribution in [0.15, 0.2) is 18.2 Å². The summed E-state index contributed by atoms with van der Waals surface area (Å²) in [4.78, 5) is 0. The number of hydrogen-bond donors (Lipinski definition) is 2. The van der Waals surface area contributed by atoms with Gasteiger partial charge in [0.05, 0.1) is 0 Å². The summed E-state index contributed by atoms with van der Waals surface area (Å²) >= 11 is 0. The minimum atomic E-state index is 0.599. The van der Waals surface area contributed by atoms with Crippen LogP contribution in [0.5, 0.6) is 0 Å². The molecule has 0 saturated carbocycles. The van der Waals surface area contributed by atoms with Crippen LogP contribution < -0.4 is 11.5 Å². The van der Waals surface area contributed by atoms with Gasteiger partial charge in [-0.25, -0.2) is 4.68 Å². The molecule has 0 aliphatic heterocycles. The van der Waals surface area contributed by atoms with Crippen molar-refractivity contribution in [3.8, 4) is 11.4 Å². The molecule has 0 amide bonds. The highest BCUT2D eigenvalue weighted by Crippen LogP contribution is 2.22. The molecule has 0 radical (unpaired) electrons. The van der Waals surface area contributed by atoms with Gasteiger partial charge in [0, 0.05) is 36.7 Å². The smallest absolute Gasteiger partial charge is 0.182 e. The molecule has 1 aromatic heterocycles. The zero-order chi connectivity index (χ0) is 15.1. The van der Waals surface area contributed by atoms with E-state index >= 15 is 0 Å². The van der Waals surface area contributed by atoms with E-state index < -0.39 is 0 Å². The van der Waals surface area contributed by atoms with Gasteiger partial charge >= 0.3 is 0 Å². The molecule has 21 heavy (non-hydrogen) atoms. The van der Waals surface area contributed by atoms with E-state index in [0.717, 1.165) is 31.4 Å². The summed E-state index contributed by atoms with van der Waals surface area (Å²) in [5.74, 6) is 0.669. The van der Waals surface area contributed by atoms with Gasteiger partial charge in [0.25, 0.3) is 0 Å². The number of benzene rings is 1. The van der Waals surface area contributed by atoms with Gasteiger partial charge in [0.2, 0.25) is 0 Å². The van der Waals surface area contributed by atoms with Crippen LogP contribution in [-0.4, -0.2) is 33.4 Å². The standard InChI is InChI=1S/C14H22N6O/c1-2-3-6-21-7-4-5-20-14(17-18-19-20)11-8-12(15)10-13(16)9-11/h8-10H,2-7,15-16H2,1H3. The maximum Gasteiger partial charge on any atom is 0.182 e. The largest absolute Gasteiger partial charge is 0.399 e. The topological polar surface area (TPSA) is 105 Å². The van der Waals surface area contributed by atoms with E-state index in [1.54, 1.807) is 10.7 Å². The number of nitrogens with zero attached hydrogens (tertiary/aromatic N) is 4. The SMILES string of the molecule is CCCCOCCCn1nnnc1-c1cc(N)cc(N)c1. The number of aryl methyl sites for hydroxylation is 1. The number of rotatable bonds is 8. The highest BCUT2D eigenvalue weighted by atomic mass is 16.5. The van der Waals surface area contributed by atoms with Crippen molar-refractivity contribution in [2.24, 2.45) is 0 Å². The Labute approximate surface area is 124 Å². The molecule has 0 bridgehead atoms. The number of aromatic nitrogens is 4. The average Bonchev–Trinajstić information content (AvgIpc) is 2.90. The van der Waals surface area contributed by atoms with E-state index in [9.17, 15) is 0 Å². The van der Waals surface area contributed by atoms with Gasteiger partial charge in [-0.1, -0.05) is 13.3 Å². The Hall–Kier alpha value is -2.15. The molecule has 0 saturated heterocycles. The zero-order valence-corrected chi connectivity index (χ0v) is 12.3. The number of nitrogen functional groups attached to an aromatic ring is 2. The van der Waals surface area contributed by atoms with Gasteiger partial charge in [-0.15, -0.1) is 5.10 Å². The first-order chi connectivity index (χ1) is 10.2. The maximum absolute atomic E-state index is 5.81. The molecule has 114 valence electrons. The maximum atomic E-state index is 5.81. The van der Waals surface area contributed by atoms with Crippen molar-refractivity contribution in [2.45, 2.75) is 32.7 Å². The lowest BCUT2D eigenvalue weighted by Crippen LogP contribution is -2.07. The fourth-order valence-corrected chi connectivity index (χ4v) is 2.03. The molecule has 7 nitrogen and oxygen atoms in total. The van der Waals surface area contributed by atoms with Crippen LogP contribution in [0.2, 0.25) is 0 Å². The Morgan fingerprint density at radius 1 is 1.10 bits per heavy atom. The van der Waals surface area contributed by atoms with Gasteiger partial charge in [-0.05, 0) is 41.5 Å². The van der Waals surface area contributed by atoms with E-state index in [4.69, 9.17) is 16.2 Å². The van der Waals surface area contributed by atoms with E-state index in [1.165, 1.54) is 0 Å². The summed E-state index contributed by atoms with van der Waals surface area (Å²) in [7, 11) is 0. The number of anilines is 2. The summed E-state index contributed by atoms with van der Waals surface area (Å²) in [6, 6.07) is 5.34. The van der Waals surface area contributed by atoms with Crippen LogP contribution in [0.3, 0.4) is 0 Å². The Balaban J connectivity index is 1.95. The fourth-order valence-electron chi connectivity index (χ4n) is 2.03. The second-order valence-corrected chi connectivity index (χ2v) is 4.93. The average molecular weight is 290 g/mol. The summed E-state index contributed by atoms with van der Waals surface area (Å²) in [6.07, 6.45) is 3.10. The Kier molecular flexibility index (Phi) is 5.51. The molecule has 2 aromatic rings. The van der Waals surface area contributed by atoms with Crippen molar-refractivity contribution in [2.75, 3.05) is 24.7 Å². The van der Waals surface area contributed by atoms with Crippen LogP contribution in [0, 0.1) is 0 Å². The number of nitrogens with two attached hydrogens (primary N) is 2. The quantitative estimate of drug-likeness (QED) is 0.566. The summed E-state index contributed by atoms with van der Waals surface area (Å²) in [5.41, 5.74) is 13.6. The lowest BCUT2D eigenvalue weighted by Gasteiger charge is -2.07. The summed E-state index contributed by atoms with van der Waals surface area (Å²) in [6.45, 7) is 4.36. The van der Waals surface area contributed by atoms with Crippen LogP contribution in [-0.2, 0) is 11.3 Å². The van der Waals surface area contributed by atoms with E-state index in [2.05, 4.69) is 22.4 Å². The van der Waals surface area contributed by atoms with Gasteiger partial charge in [-0.2, -0.15) is 0 Å². The molecule has 1 aromatic carbocycles. The normalized spacial score (nSPS) is 10.9. The third-order valence-electron chi connectivity index (χ3n) is 3.07. The molecule has 0 aliphatic carbocycles. The van der Waals surface area contributed by atoms with Crippen LogP contribution in [0.25, 0.3) is 11.4 Å². The van der Waals surface area contributed by atoms with Crippen molar-refractivity contribution in [1.29, 1.82) is 0 Å². The molecular formula is C14H22N6O. The summed E-state index contributed by atoms with van der Waals surface area (Å²) in [5, 5.41) is 11.8. The Morgan fingerprint density at radius 3 is 2.52 bits per heavy atom. The van der Waals surface area contributed by atoms with Crippen molar-refractivity contribution >= 4 is 11.4 Å². The number of ether oxygens (including phenoxy) is 1. The number of hydrogen-bond acceptors (Lipinski definition) is 6. The van der Waals surface area contributed by atoms with Crippen molar-refractivity contribution in [3.63, 3.8) is 0 Å². The predicted octanol–water partition coefficient (Wildman–Crippen LogP) is 1.71. The monoisotopic (exact) mass is 290 g/mol. The van der Waals surface area contributed by atoms with Crippen LogP contribution in [0.4, 0.5) is 11.4 Å². The fraction of sp³-hybridized carbons (Fsp3) is 0.500. The van der Waals surface area contributed by atoms with Crippen LogP contribution >= 0.6 is 0 Å². The van der Waals surface area contributed by atoms with E-state index in [1.807, 2.05) is 12.1 Å². The third-order valence-corrected chi connectivity index (χ3v) is 3.07. The summed E-state index contributed by atoms with van der Waals surface area (Å²) < 4.78 is 7.28. The molecule has 0 fully saturated rings. The first kappa shape index (κ1) is 15.2. The second kappa shape index (κ2) is 7.58. The van der Waals surface area contributed by atoms with Crippen molar-refractivity contribution < 1.29 is 4.74 Å². The molecule has 0 unspecified atom stereocenters. The molecule has 2 rings (SSSR count). The molecule has 4 N–H and O–H groups in total. The predicted molar refractivity (Wildman–Crippen MR) is 82.4 cm³/mol. The first-order valence-corrected chi connectivity index (χ1v) is 7.21. The van der Waals surface area contributed by atoms with Gasteiger partial charge in [-0.3, -0.25) is 0 Å². The second-order valence-electron chi connectivity index (χ2n) is 4.93. The molecule has 0 atom stereocenters. The molecule has 0 spiro atoms. The molecular weight excluding hydrogens is 268 g/mol. The number of unbranched alkanes of at least 4 members (excludes halogenated alkanes) is 1. The minimum Gasteiger partial charge on any atom is -0.399 e. The highest BCUT2D eigenvalue weighted by molar-refractivity contribution is 5.67. The lowest BCUT2D eigenvalue weighted by molar-refractivity contribution is 0.125. The van der Waals surface area contributed by atoms with Crippen molar-refractivity contribution in [3.05, 3.63) is 18.2 Å². The Morgan fingerprint density at radius 2 is 1.81 bits per heavy atom. The molecule has 7 heteroatoms. The lowest BCUT2D eigenvalue weighted by atomic mass is 10.1. The van der Waals surface area contributed by atoms with Gasteiger partial charge in [0.15, 0.2) is 5.82 Å². The third kappa shape index (κ3) is 4.42. The molecule has 1 heterocycles. The van der Waals surface area contributed by atoms with Crippen LogP contribution in [0.1, 0.15) is 26.2 Å². The highest BCUT2D eigenvalue weighted by Gasteiger charge is 2.09.